The molecule has 0 unspecified atom stereocenters. The number of rotatable bonds is 3. The quantitative estimate of drug-likeness (QED) is 0.739. The molecule has 4 heteroatoms. The van der Waals surface area contributed by atoms with Crippen molar-refractivity contribution in [3.8, 4) is 11.5 Å². The first-order valence-electron chi connectivity index (χ1n) is 3.95. The molecule has 0 spiro atoms. The van der Waals surface area contributed by atoms with Crippen molar-refractivity contribution in [3.05, 3.63) is 23.5 Å². The minimum Gasteiger partial charge on any atom is -0.502 e. The van der Waals surface area contributed by atoms with Gasteiger partial charge in [0.1, 0.15) is 0 Å². The molecule has 3 nitrogen and oxygen atoms in total. The van der Waals surface area contributed by atoms with Crippen molar-refractivity contribution in [1.29, 1.82) is 0 Å². The molecule has 0 aromatic heterocycles. The number of benzene rings is 1. The van der Waals surface area contributed by atoms with Crippen LogP contribution in [0.2, 0.25) is 0 Å². The molecule has 0 aliphatic rings. The summed E-state index contributed by atoms with van der Waals surface area (Å²) in [6.07, 6.45) is 0.406. The lowest BCUT2D eigenvalue weighted by Crippen LogP contribution is -2.04. The second-order valence-electron chi connectivity index (χ2n) is 2.63. The van der Waals surface area contributed by atoms with Crippen LogP contribution in [0.1, 0.15) is 5.56 Å². The minimum absolute atomic E-state index is 0.137. The number of halogens is 1. The Balaban J connectivity index is 3.07. The van der Waals surface area contributed by atoms with Gasteiger partial charge < -0.3 is 15.6 Å². The Bertz CT molecular complexity index is 302. The topological polar surface area (TPSA) is 55.5 Å². The molecule has 0 aliphatic heterocycles. The fourth-order valence-electron chi connectivity index (χ4n) is 1.10. The number of methoxy groups -OCH3 is 1. The summed E-state index contributed by atoms with van der Waals surface area (Å²) in [5, 5.41) is 9.26. The first kappa shape index (κ1) is 9.80. The monoisotopic (exact) mass is 185 g/mol. The Labute approximate surface area is 75.9 Å². The van der Waals surface area contributed by atoms with E-state index in [1.54, 1.807) is 6.07 Å². The smallest absolute Gasteiger partial charge is 0.194 e. The Morgan fingerprint density at radius 1 is 1.54 bits per heavy atom. The number of nitrogens with two attached hydrogens (primary N) is 1. The van der Waals surface area contributed by atoms with E-state index in [1.165, 1.54) is 13.2 Å². The highest BCUT2D eigenvalue weighted by Gasteiger charge is 2.11. The maximum Gasteiger partial charge on any atom is 0.194 e. The highest BCUT2D eigenvalue weighted by atomic mass is 19.1. The maximum atomic E-state index is 13.3. The van der Waals surface area contributed by atoms with E-state index in [4.69, 9.17) is 10.5 Å². The van der Waals surface area contributed by atoms with Crippen molar-refractivity contribution >= 4 is 0 Å². The molecular formula is C9H12FNO2. The van der Waals surface area contributed by atoms with Crippen molar-refractivity contribution in [1.82, 2.24) is 0 Å². The van der Waals surface area contributed by atoms with Crippen molar-refractivity contribution in [3.63, 3.8) is 0 Å². The molecule has 0 fully saturated rings. The molecule has 0 heterocycles. The van der Waals surface area contributed by atoms with E-state index >= 15 is 0 Å². The minimum atomic E-state index is -0.648. The van der Waals surface area contributed by atoms with E-state index in [2.05, 4.69) is 0 Å². The van der Waals surface area contributed by atoms with Crippen LogP contribution in [0, 0.1) is 5.82 Å². The lowest BCUT2D eigenvalue weighted by molar-refractivity contribution is 0.355. The average Bonchev–Trinajstić information content (AvgIpc) is 2.14. The van der Waals surface area contributed by atoms with Crippen LogP contribution in [0.15, 0.2) is 12.1 Å². The lowest BCUT2D eigenvalue weighted by atomic mass is 10.1. The van der Waals surface area contributed by atoms with Gasteiger partial charge in [-0.1, -0.05) is 6.07 Å². The van der Waals surface area contributed by atoms with Crippen molar-refractivity contribution in [2.75, 3.05) is 13.7 Å². The van der Waals surface area contributed by atoms with Crippen LogP contribution in [0.3, 0.4) is 0 Å². The largest absolute Gasteiger partial charge is 0.502 e. The van der Waals surface area contributed by atoms with Crippen LogP contribution in [-0.4, -0.2) is 18.8 Å². The van der Waals surface area contributed by atoms with Crippen LogP contribution in [0.5, 0.6) is 11.5 Å². The van der Waals surface area contributed by atoms with E-state index < -0.39 is 11.6 Å². The zero-order chi connectivity index (χ0) is 9.84. The second kappa shape index (κ2) is 4.09. The van der Waals surface area contributed by atoms with Gasteiger partial charge in [-0.25, -0.2) is 4.39 Å². The second-order valence-corrected chi connectivity index (χ2v) is 2.63. The first-order valence-corrected chi connectivity index (χ1v) is 3.95. The van der Waals surface area contributed by atoms with Crippen molar-refractivity contribution in [2.24, 2.45) is 5.73 Å². The third-order valence-corrected chi connectivity index (χ3v) is 1.79. The summed E-state index contributed by atoms with van der Waals surface area (Å²) in [6, 6.07) is 3.07. The summed E-state index contributed by atoms with van der Waals surface area (Å²) >= 11 is 0. The van der Waals surface area contributed by atoms with Crippen LogP contribution in [0.25, 0.3) is 0 Å². The molecule has 0 bridgehead atoms. The molecular weight excluding hydrogens is 173 g/mol. The molecule has 3 N–H and O–H groups in total. The van der Waals surface area contributed by atoms with E-state index in [-0.39, 0.29) is 5.75 Å². The molecule has 1 rings (SSSR count). The predicted octanol–water partition coefficient (Wildman–Crippen LogP) is 1.04. The third kappa shape index (κ3) is 1.89. The Hall–Kier alpha value is -1.29. The van der Waals surface area contributed by atoms with Gasteiger partial charge in [-0.05, 0) is 24.6 Å². The van der Waals surface area contributed by atoms with Crippen molar-refractivity contribution < 1.29 is 14.2 Å². The van der Waals surface area contributed by atoms with Gasteiger partial charge in [0.2, 0.25) is 0 Å². The Kier molecular flexibility index (Phi) is 3.08. The zero-order valence-corrected chi connectivity index (χ0v) is 7.38. The zero-order valence-electron chi connectivity index (χ0n) is 7.38. The lowest BCUT2D eigenvalue weighted by Gasteiger charge is -2.07. The van der Waals surface area contributed by atoms with E-state index in [1.807, 2.05) is 0 Å². The molecule has 13 heavy (non-hydrogen) atoms. The standard InChI is InChI=1S/C9H12FNO2/c1-13-7-3-2-6(4-5-11)8(10)9(7)12/h2-3,12H,4-5,11H2,1H3. The average molecular weight is 185 g/mol. The fourth-order valence-corrected chi connectivity index (χ4v) is 1.10. The van der Waals surface area contributed by atoms with Gasteiger partial charge >= 0.3 is 0 Å². The maximum absolute atomic E-state index is 13.3. The van der Waals surface area contributed by atoms with Gasteiger partial charge in [-0.2, -0.15) is 0 Å². The summed E-state index contributed by atoms with van der Waals surface area (Å²) in [7, 11) is 1.37. The Morgan fingerprint density at radius 3 is 2.77 bits per heavy atom. The van der Waals surface area contributed by atoms with E-state index in [0.717, 1.165) is 0 Å². The Morgan fingerprint density at radius 2 is 2.23 bits per heavy atom. The number of aromatic hydroxyl groups is 1. The number of hydrogen-bond acceptors (Lipinski definition) is 3. The summed E-state index contributed by atoms with van der Waals surface area (Å²) in [4.78, 5) is 0. The van der Waals surface area contributed by atoms with Gasteiger partial charge in [-0.3, -0.25) is 0 Å². The highest BCUT2D eigenvalue weighted by molar-refractivity contribution is 5.43. The summed E-state index contributed by atoms with van der Waals surface area (Å²) in [6.45, 7) is 0.350. The van der Waals surface area contributed by atoms with Crippen molar-refractivity contribution in [2.45, 2.75) is 6.42 Å². The van der Waals surface area contributed by atoms with Gasteiger partial charge in [0, 0.05) is 0 Å². The molecule has 0 radical (unpaired) electrons. The third-order valence-electron chi connectivity index (χ3n) is 1.79. The van der Waals surface area contributed by atoms with Gasteiger partial charge in [0.25, 0.3) is 0 Å². The van der Waals surface area contributed by atoms with Gasteiger partial charge in [-0.15, -0.1) is 0 Å². The molecule has 1 aromatic rings. The van der Waals surface area contributed by atoms with Crippen LogP contribution in [-0.2, 0) is 6.42 Å². The van der Waals surface area contributed by atoms with Crippen LogP contribution >= 0.6 is 0 Å². The number of phenols is 1. The van der Waals surface area contributed by atoms with Gasteiger partial charge in [0.15, 0.2) is 17.3 Å². The van der Waals surface area contributed by atoms with Crippen LogP contribution < -0.4 is 10.5 Å². The summed E-state index contributed by atoms with van der Waals surface area (Å²) in [5.41, 5.74) is 5.67. The molecule has 0 amide bonds. The van der Waals surface area contributed by atoms with Crippen LogP contribution in [0.4, 0.5) is 4.39 Å². The first-order chi connectivity index (χ1) is 6.20. The van der Waals surface area contributed by atoms with E-state index in [9.17, 15) is 9.50 Å². The molecule has 72 valence electrons. The number of hydrogen-bond donors (Lipinski definition) is 2. The summed E-state index contributed by atoms with van der Waals surface area (Å²) < 4.78 is 18.0. The number of ether oxygens (including phenoxy) is 1. The van der Waals surface area contributed by atoms with E-state index in [0.29, 0.717) is 18.5 Å². The molecule has 0 saturated carbocycles. The molecule has 0 saturated heterocycles. The molecule has 0 atom stereocenters. The van der Waals surface area contributed by atoms with Gasteiger partial charge in [0.05, 0.1) is 7.11 Å². The molecule has 0 aliphatic carbocycles. The summed E-state index contributed by atoms with van der Waals surface area (Å²) in [5.74, 6) is -0.962. The predicted molar refractivity (Wildman–Crippen MR) is 47.4 cm³/mol. The SMILES string of the molecule is COc1ccc(CCN)c(F)c1O. The highest BCUT2D eigenvalue weighted by Crippen LogP contribution is 2.30. The normalized spacial score (nSPS) is 10.1. The molecule has 1 aromatic carbocycles. The fraction of sp³-hybridized carbons (Fsp3) is 0.333. The number of phenolic OH excluding ortho intramolecular Hbond substituents is 1.